The quantitative estimate of drug-likeness (QED) is 0.169. The Bertz CT molecular complexity index is 3120. The van der Waals surface area contributed by atoms with Gasteiger partial charge in [-0.3, -0.25) is 0 Å². The van der Waals surface area contributed by atoms with Crippen molar-refractivity contribution < 1.29 is 4.42 Å². The molecular formula is C55H39NO. The summed E-state index contributed by atoms with van der Waals surface area (Å²) >= 11 is 0. The van der Waals surface area contributed by atoms with Gasteiger partial charge in [-0.25, -0.2) is 0 Å². The van der Waals surface area contributed by atoms with Crippen molar-refractivity contribution in [3.05, 3.63) is 211 Å². The number of hydrogen-bond donors (Lipinski definition) is 0. The summed E-state index contributed by atoms with van der Waals surface area (Å²) in [5, 5.41) is 4.54. The van der Waals surface area contributed by atoms with Gasteiger partial charge in [-0.05, 0) is 97.9 Å². The van der Waals surface area contributed by atoms with E-state index in [4.69, 9.17) is 4.42 Å². The first kappa shape index (κ1) is 33.2. The molecule has 2 nitrogen and oxygen atoms in total. The Morgan fingerprint density at radius 2 is 0.842 bits per heavy atom. The van der Waals surface area contributed by atoms with Crippen molar-refractivity contribution in [1.29, 1.82) is 0 Å². The Morgan fingerprint density at radius 3 is 1.58 bits per heavy atom. The number of nitrogens with zero attached hydrogens (tertiary/aromatic N) is 1. The van der Waals surface area contributed by atoms with Crippen molar-refractivity contribution in [2.75, 3.05) is 4.90 Å². The highest BCUT2D eigenvalue weighted by molar-refractivity contribution is 6.20. The van der Waals surface area contributed by atoms with Gasteiger partial charge in [0, 0.05) is 44.2 Å². The van der Waals surface area contributed by atoms with Gasteiger partial charge in [0.05, 0.1) is 0 Å². The van der Waals surface area contributed by atoms with E-state index in [0.717, 1.165) is 61.1 Å². The summed E-state index contributed by atoms with van der Waals surface area (Å²) in [6.07, 6.45) is 0. The molecule has 0 amide bonds. The van der Waals surface area contributed by atoms with Crippen molar-refractivity contribution >= 4 is 49.8 Å². The molecule has 11 rings (SSSR count). The molecule has 270 valence electrons. The molecule has 1 aliphatic rings. The molecule has 0 saturated heterocycles. The van der Waals surface area contributed by atoms with Crippen molar-refractivity contribution in [1.82, 2.24) is 0 Å². The van der Waals surface area contributed by atoms with Crippen LogP contribution in [-0.2, 0) is 5.41 Å². The lowest BCUT2D eigenvalue weighted by Crippen LogP contribution is -2.16. The zero-order chi connectivity index (χ0) is 38.1. The number of furan rings is 1. The van der Waals surface area contributed by atoms with Crippen LogP contribution in [-0.4, -0.2) is 0 Å². The summed E-state index contributed by atoms with van der Waals surface area (Å²) in [5.41, 5.74) is 17.5. The van der Waals surface area contributed by atoms with Crippen molar-refractivity contribution in [2.24, 2.45) is 0 Å². The monoisotopic (exact) mass is 729 g/mol. The molecule has 0 fully saturated rings. The standard InChI is InChI=1S/C55H39NO/c1-55(2)51-23-12-11-19-45(51)46-33-32-42(34-52(46)55)56(40-28-24-37(25-29-40)36-14-5-3-6-15-36)41-30-26-39(27-31-41)49-35-50-48-22-13-21-43(38-16-7-4-8-17-38)53(48)57-54(50)47-20-10-9-18-44(47)49/h3-35H,1-2H3. The smallest absolute Gasteiger partial charge is 0.143 e. The molecule has 9 aromatic carbocycles. The fourth-order valence-corrected chi connectivity index (χ4v) is 9.21. The number of fused-ring (bicyclic) bond motifs is 8. The maximum Gasteiger partial charge on any atom is 0.143 e. The SMILES string of the molecule is CC1(C)c2ccccc2-c2ccc(N(c3ccc(-c4ccccc4)cc3)c3ccc(-c4cc5c6cccc(-c7ccccc7)c6oc5c5ccccc45)cc3)cc21. The molecule has 0 unspecified atom stereocenters. The summed E-state index contributed by atoms with van der Waals surface area (Å²) in [4.78, 5) is 2.40. The van der Waals surface area contributed by atoms with Crippen LogP contribution in [0.1, 0.15) is 25.0 Å². The van der Waals surface area contributed by atoms with Crippen molar-refractivity contribution in [3.63, 3.8) is 0 Å². The summed E-state index contributed by atoms with van der Waals surface area (Å²) < 4.78 is 6.79. The van der Waals surface area contributed by atoms with Gasteiger partial charge < -0.3 is 9.32 Å². The molecule has 0 saturated carbocycles. The Labute approximate surface area is 332 Å². The molecule has 57 heavy (non-hydrogen) atoms. The van der Waals surface area contributed by atoms with E-state index < -0.39 is 0 Å². The third-order valence-electron chi connectivity index (χ3n) is 12.1. The zero-order valence-electron chi connectivity index (χ0n) is 31.9. The second-order valence-corrected chi connectivity index (χ2v) is 15.7. The molecule has 1 aromatic heterocycles. The molecule has 1 aliphatic carbocycles. The van der Waals surface area contributed by atoms with E-state index in [0.29, 0.717) is 0 Å². The highest BCUT2D eigenvalue weighted by Crippen LogP contribution is 2.51. The highest BCUT2D eigenvalue weighted by Gasteiger charge is 2.35. The van der Waals surface area contributed by atoms with E-state index in [1.165, 1.54) is 44.3 Å². The summed E-state index contributed by atoms with van der Waals surface area (Å²) in [6.45, 7) is 4.70. The van der Waals surface area contributed by atoms with E-state index in [2.05, 4.69) is 219 Å². The molecule has 0 aliphatic heterocycles. The summed E-state index contributed by atoms with van der Waals surface area (Å²) in [5.74, 6) is 0. The molecule has 2 heteroatoms. The van der Waals surface area contributed by atoms with Gasteiger partial charge in [-0.15, -0.1) is 0 Å². The van der Waals surface area contributed by atoms with E-state index in [9.17, 15) is 0 Å². The van der Waals surface area contributed by atoms with Crippen LogP contribution in [0.3, 0.4) is 0 Å². The summed E-state index contributed by atoms with van der Waals surface area (Å²) in [6, 6.07) is 72.5. The molecule has 0 bridgehead atoms. The van der Waals surface area contributed by atoms with Gasteiger partial charge in [0.15, 0.2) is 0 Å². The van der Waals surface area contributed by atoms with Crippen LogP contribution in [0.5, 0.6) is 0 Å². The predicted molar refractivity (Wildman–Crippen MR) is 240 cm³/mol. The fraction of sp³-hybridized carbons (Fsp3) is 0.0545. The lowest BCUT2D eigenvalue weighted by molar-refractivity contribution is 0.660. The Morgan fingerprint density at radius 1 is 0.333 bits per heavy atom. The molecule has 10 aromatic rings. The van der Waals surface area contributed by atoms with E-state index in [1.54, 1.807) is 0 Å². The van der Waals surface area contributed by atoms with E-state index >= 15 is 0 Å². The molecule has 0 N–H and O–H groups in total. The number of anilines is 3. The van der Waals surface area contributed by atoms with E-state index in [-0.39, 0.29) is 5.41 Å². The van der Waals surface area contributed by atoms with Gasteiger partial charge >= 0.3 is 0 Å². The average Bonchev–Trinajstić information content (AvgIpc) is 3.76. The van der Waals surface area contributed by atoms with Crippen LogP contribution < -0.4 is 4.90 Å². The van der Waals surface area contributed by atoms with Crippen LogP contribution in [0.4, 0.5) is 17.1 Å². The average molecular weight is 730 g/mol. The maximum absolute atomic E-state index is 6.79. The van der Waals surface area contributed by atoms with Crippen molar-refractivity contribution in [3.8, 4) is 44.5 Å². The zero-order valence-corrected chi connectivity index (χ0v) is 31.9. The maximum atomic E-state index is 6.79. The van der Waals surface area contributed by atoms with Gasteiger partial charge in [0.2, 0.25) is 0 Å². The topological polar surface area (TPSA) is 16.4 Å². The normalized spacial score (nSPS) is 12.9. The van der Waals surface area contributed by atoms with Gasteiger partial charge in [-0.1, -0.05) is 172 Å². The Kier molecular flexibility index (Phi) is 7.55. The van der Waals surface area contributed by atoms with Crippen LogP contribution in [0.15, 0.2) is 205 Å². The van der Waals surface area contributed by atoms with Crippen LogP contribution >= 0.6 is 0 Å². The molecule has 0 radical (unpaired) electrons. The van der Waals surface area contributed by atoms with Crippen LogP contribution in [0.25, 0.3) is 77.2 Å². The Balaban J connectivity index is 1.05. The number of hydrogen-bond acceptors (Lipinski definition) is 2. The van der Waals surface area contributed by atoms with Crippen molar-refractivity contribution in [2.45, 2.75) is 19.3 Å². The predicted octanol–water partition coefficient (Wildman–Crippen LogP) is 15.5. The lowest BCUT2D eigenvalue weighted by Gasteiger charge is -2.28. The fourth-order valence-electron chi connectivity index (χ4n) is 9.21. The molecule has 0 spiro atoms. The highest BCUT2D eigenvalue weighted by atomic mass is 16.3. The minimum atomic E-state index is -0.104. The Hall–Kier alpha value is -7.16. The minimum absolute atomic E-state index is 0.104. The lowest BCUT2D eigenvalue weighted by atomic mass is 9.82. The number of rotatable bonds is 6. The first-order valence-electron chi connectivity index (χ1n) is 19.8. The molecule has 1 heterocycles. The second kappa shape index (κ2) is 13.0. The van der Waals surface area contributed by atoms with Gasteiger partial charge in [0.25, 0.3) is 0 Å². The number of benzene rings is 9. The van der Waals surface area contributed by atoms with Crippen LogP contribution in [0.2, 0.25) is 0 Å². The minimum Gasteiger partial charge on any atom is -0.455 e. The molecular weight excluding hydrogens is 691 g/mol. The second-order valence-electron chi connectivity index (χ2n) is 15.7. The largest absolute Gasteiger partial charge is 0.455 e. The molecule has 0 atom stereocenters. The number of para-hydroxylation sites is 1. The van der Waals surface area contributed by atoms with Gasteiger partial charge in [-0.2, -0.15) is 0 Å². The third-order valence-corrected chi connectivity index (χ3v) is 12.1. The van der Waals surface area contributed by atoms with E-state index in [1.807, 2.05) is 0 Å². The summed E-state index contributed by atoms with van der Waals surface area (Å²) in [7, 11) is 0. The third kappa shape index (κ3) is 5.33. The van der Waals surface area contributed by atoms with Crippen LogP contribution in [0, 0.1) is 0 Å². The van der Waals surface area contributed by atoms with Gasteiger partial charge in [0.1, 0.15) is 11.2 Å². The first-order chi connectivity index (χ1) is 28.0. The first-order valence-corrected chi connectivity index (χ1v) is 19.8.